The predicted molar refractivity (Wildman–Crippen MR) is 116 cm³/mol. The number of amides is 1. The first kappa shape index (κ1) is 17.9. The summed E-state index contributed by atoms with van der Waals surface area (Å²) in [5.74, 6) is 0.0444. The fourth-order valence-corrected chi connectivity index (χ4v) is 5.40. The molecule has 7 heteroatoms. The van der Waals surface area contributed by atoms with Crippen molar-refractivity contribution < 1.29 is 4.79 Å². The fourth-order valence-electron chi connectivity index (χ4n) is 4.18. The van der Waals surface area contributed by atoms with Crippen LogP contribution in [0.5, 0.6) is 0 Å². The average Bonchev–Trinajstić information content (AvgIpc) is 3.28. The number of anilines is 2. The lowest BCUT2D eigenvalue weighted by Gasteiger charge is -2.37. The van der Waals surface area contributed by atoms with Gasteiger partial charge in [0.2, 0.25) is 5.91 Å². The Morgan fingerprint density at radius 1 is 1.29 bits per heavy atom. The molecule has 0 bridgehead atoms. The summed E-state index contributed by atoms with van der Waals surface area (Å²) in [4.78, 5) is 14.1. The normalized spacial score (nSPS) is 19.1. The SMILES string of the molecule is O=C1Cc2cc(CCC3CNCCN3c3snc4ccccc34)c(Cl)cc2N1. The summed E-state index contributed by atoms with van der Waals surface area (Å²) >= 11 is 8.09. The van der Waals surface area contributed by atoms with Crippen molar-refractivity contribution in [3.63, 3.8) is 0 Å². The zero-order chi connectivity index (χ0) is 19.1. The molecule has 0 spiro atoms. The van der Waals surface area contributed by atoms with E-state index >= 15 is 0 Å². The molecule has 28 heavy (non-hydrogen) atoms. The fraction of sp³-hybridized carbons (Fsp3) is 0.333. The Labute approximate surface area is 172 Å². The number of aromatic nitrogens is 1. The summed E-state index contributed by atoms with van der Waals surface area (Å²) in [5.41, 5.74) is 4.10. The van der Waals surface area contributed by atoms with E-state index < -0.39 is 0 Å². The quantitative estimate of drug-likeness (QED) is 0.683. The van der Waals surface area contributed by atoms with Crippen LogP contribution in [0.2, 0.25) is 5.02 Å². The highest BCUT2D eigenvalue weighted by Gasteiger charge is 2.26. The van der Waals surface area contributed by atoms with E-state index in [9.17, 15) is 4.79 Å². The molecule has 1 amide bonds. The van der Waals surface area contributed by atoms with Crippen LogP contribution in [0.4, 0.5) is 10.7 Å². The van der Waals surface area contributed by atoms with Crippen molar-refractivity contribution in [2.45, 2.75) is 25.3 Å². The number of hydrogen-bond acceptors (Lipinski definition) is 5. The van der Waals surface area contributed by atoms with Crippen molar-refractivity contribution >= 4 is 50.6 Å². The van der Waals surface area contributed by atoms with Gasteiger partial charge >= 0.3 is 0 Å². The second-order valence-electron chi connectivity index (χ2n) is 7.42. The summed E-state index contributed by atoms with van der Waals surface area (Å²) in [6, 6.07) is 12.7. The molecule has 2 aromatic carbocycles. The molecule has 2 aliphatic heterocycles. The number of halogens is 1. The molecule has 0 radical (unpaired) electrons. The van der Waals surface area contributed by atoms with Gasteiger partial charge in [0.1, 0.15) is 5.00 Å². The van der Waals surface area contributed by atoms with Crippen LogP contribution in [0.1, 0.15) is 17.5 Å². The maximum Gasteiger partial charge on any atom is 0.228 e. The number of piperazine rings is 1. The minimum atomic E-state index is 0.0444. The van der Waals surface area contributed by atoms with E-state index in [1.807, 2.05) is 12.1 Å². The summed E-state index contributed by atoms with van der Waals surface area (Å²) in [6.07, 6.45) is 2.34. The van der Waals surface area contributed by atoms with Crippen molar-refractivity contribution in [3.05, 3.63) is 52.5 Å². The lowest BCUT2D eigenvalue weighted by Crippen LogP contribution is -2.51. The van der Waals surface area contributed by atoms with Crippen LogP contribution in [0, 0.1) is 0 Å². The van der Waals surface area contributed by atoms with Gasteiger partial charge in [-0.15, -0.1) is 0 Å². The maximum atomic E-state index is 11.6. The molecular formula is C21H21ClN4OS. The maximum absolute atomic E-state index is 11.6. The summed E-state index contributed by atoms with van der Waals surface area (Å²) in [7, 11) is 0. The van der Waals surface area contributed by atoms with Gasteiger partial charge in [0.05, 0.1) is 11.9 Å². The predicted octanol–water partition coefficient (Wildman–Crippen LogP) is 3.86. The molecule has 1 unspecified atom stereocenters. The molecule has 5 nitrogen and oxygen atoms in total. The van der Waals surface area contributed by atoms with E-state index in [4.69, 9.17) is 11.6 Å². The van der Waals surface area contributed by atoms with Gasteiger partial charge in [-0.25, -0.2) is 0 Å². The Hall–Kier alpha value is -2.15. The van der Waals surface area contributed by atoms with Crippen molar-refractivity contribution in [2.24, 2.45) is 0 Å². The van der Waals surface area contributed by atoms with E-state index in [-0.39, 0.29) is 5.91 Å². The third-order valence-electron chi connectivity index (χ3n) is 5.62. The van der Waals surface area contributed by atoms with E-state index in [1.54, 1.807) is 11.5 Å². The van der Waals surface area contributed by atoms with Gasteiger partial charge in [0, 0.05) is 41.8 Å². The van der Waals surface area contributed by atoms with Gasteiger partial charge in [0.15, 0.2) is 0 Å². The van der Waals surface area contributed by atoms with Crippen LogP contribution in [0.25, 0.3) is 10.9 Å². The van der Waals surface area contributed by atoms with Crippen LogP contribution in [-0.2, 0) is 17.6 Å². The van der Waals surface area contributed by atoms with Gasteiger partial charge < -0.3 is 15.5 Å². The number of fused-ring (bicyclic) bond motifs is 2. The Kier molecular flexibility index (Phi) is 4.70. The highest BCUT2D eigenvalue weighted by Crippen LogP contribution is 2.35. The Bertz CT molecular complexity index is 1050. The second kappa shape index (κ2) is 7.35. The number of hydrogen-bond donors (Lipinski definition) is 2. The molecule has 1 saturated heterocycles. The Morgan fingerprint density at radius 2 is 2.18 bits per heavy atom. The minimum absolute atomic E-state index is 0.0444. The van der Waals surface area contributed by atoms with Gasteiger partial charge in [-0.3, -0.25) is 4.79 Å². The van der Waals surface area contributed by atoms with E-state index in [2.05, 4.69) is 44.2 Å². The first-order chi connectivity index (χ1) is 13.7. The van der Waals surface area contributed by atoms with E-state index in [0.717, 1.165) is 59.8 Å². The first-order valence-corrected chi connectivity index (χ1v) is 10.8. The monoisotopic (exact) mass is 412 g/mol. The number of rotatable bonds is 4. The van der Waals surface area contributed by atoms with Crippen LogP contribution in [-0.4, -0.2) is 36.0 Å². The van der Waals surface area contributed by atoms with E-state index in [0.29, 0.717) is 12.5 Å². The standard InChI is InChI=1S/C21H21ClN4OS/c22-17-11-19-14(10-20(27)24-19)9-13(17)5-6-15-12-23-7-8-26(15)21-16-3-1-2-4-18(16)25-28-21/h1-4,9,11,15,23H,5-8,10,12H2,(H,24,27). The zero-order valence-corrected chi connectivity index (χ0v) is 16.9. The number of benzene rings is 2. The van der Waals surface area contributed by atoms with Crippen LogP contribution in [0.15, 0.2) is 36.4 Å². The lowest BCUT2D eigenvalue weighted by molar-refractivity contribution is -0.115. The van der Waals surface area contributed by atoms with Crippen molar-refractivity contribution in [2.75, 3.05) is 29.9 Å². The molecular weight excluding hydrogens is 392 g/mol. The number of nitrogens with zero attached hydrogens (tertiary/aromatic N) is 2. The first-order valence-electron chi connectivity index (χ1n) is 9.62. The topological polar surface area (TPSA) is 57.3 Å². The number of carbonyl (C=O) groups excluding carboxylic acids is 1. The third-order valence-corrected chi connectivity index (χ3v) is 6.89. The molecule has 3 aromatic rings. The highest BCUT2D eigenvalue weighted by molar-refractivity contribution is 7.11. The number of carbonyl (C=O) groups is 1. The number of nitrogens with one attached hydrogen (secondary N) is 2. The van der Waals surface area contributed by atoms with Gasteiger partial charge in [-0.1, -0.05) is 29.8 Å². The molecule has 5 rings (SSSR count). The molecule has 3 heterocycles. The van der Waals surface area contributed by atoms with Gasteiger partial charge in [-0.05, 0) is 53.7 Å². The largest absolute Gasteiger partial charge is 0.356 e. The van der Waals surface area contributed by atoms with Crippen molar-refractivity contribution in [1.82, 2.24) is 9.69 Å². The molecule has 1 fully saturated rings. The smallest absolute Gasteiger partial charge is 0.228 e. The van der Waals surface area contributed by atoms with Gasteiger partial charge in [-0.2, -0.15) is 4.37 Å². The highest BCUT2D eigenvalue weighted by atomic mass is 35.5. The second-order valence-corrected chi connectivity index (χ2v) is 8.58. The minimum Gasteiger partial charge on any atom is -0.356 e. The third kappa shape index (κ3) is 3.26. The molecule has 1 atom stereocenters. The molecule has 144 valence electrons. The molecule has 0 saturated carbocycles. The van der Waals surface area contributed by atoms with Gasteiger partial charge in [0.25, 0.3) is 0 Å². The molecule has 2 N–H and O–H groups in total. The Balaban J connectivity index is 1.37. The molecule has 1 aromatic heterocycles. The van der Waals surface area contributed by atoms with Crippen molar-refractivity contribution in [3.8, 4) is 0 Å². The van der Waals surface area contributed by atoms with Crippen LogP contribution < -0.4 is 15.5 Å². The zero-order valence-electron chi connectivity index (χ0n) is 15.4. The summed E-state index contributed by atoms with van der Waals surface area (Å²) in [5, 5.41) is 9.63. The molecule has 0 aliphatic carbocycles. The van der Waals surface area contributed by atoms with Crippen LogP contribution >= 0.6 is 23.1 Å². The Morgan fingerprint density at radius 3 is 3.11 bits per heavy atom. The average molecular weight is 413 g/mol. The van der Waals surface area contributed by atoms with Crippen molar-refractivity contribution in [1.29, 1.82) is 0 Å². The molecule has 2 aliphatic rings. The summed E-state index contributed by atoms with van der Waals surface area (Å²) in [6.45, 7) is 2.91. The van der Waals surface area contributed by atoms with Crippen LogP contribution in [0.3, 0.4) is 0 Å². The summed E-state index contributed by atoms with van der Waals surface area (Å²) < 4.78 is 4.63. The lowest BCUT2D eigenvalue weighted by atomic mass is 10.00. The van der Waals surface area contributed by atoms with E-state index in [1.165, 1.54) is 10.4 Å². The number of aryl methyl sites for hydroxylation is 1.